The van der Waals surface area contributed by atoms with E-state index in [9.17, 15) is 9.59 Å². The van der Waals surface area contributed by atoms with E-state index in [2.05, 4.69) is 27.9 Å². The van der Waals surface area contributed by atoms with E-state index < -0.39 is 29.9 Å². The molecule has 1 fully saturated rings. The number of carbonyl (C=O) groups excluding carboxylic acids is 2. The van der Waals surface area contributed by atoms with Crippen LogP contribution in [0.15, 0.2) is 12.7 Å². The molecule has 1 rings (SSSR count). The molecule has 0 amide bonds. The summed E-state index contributed by atoms with van der Waals surface area (Å²) in [6.07, 6.45) is 0.134. The first-order valence-corrected chi connectivity index (χ1v) is 6.69. The van der Waals surface area contributed by atoms with Gasteiger partial charge in [-0.15, -0.1) is 6.58 Å². The second-order valence-electron chi connectivity index (χ2n) is 4.60. The van der Waals surface area contributed by atoms with E-state index in [-0.39, 0.29) is 0 Å². The summed E-state index contributed by atoms with van der Waals surface area (Å²) in [5, 5.41) is 0. The van der Waals surface area contributed by atoms with Crippen LogP contribution in [0.5, 0.6) is 0 Å². The fourth-order valence-corrected chi connectivity index (χ4v) is 2.08. The van der Waals surface area contributed by atoms with Crippen LogP contribution in [0.25, 0.3) is 0 Å². The van der Waals surface area contributed by atoms with Crippen molar-refractivity contribution in [3.8, 4) is 11.8 Å². The van der Waals surface area contributed by atoms with Gasteiger partial charge in [0.15, 0.2) is 11.9 Å². The van der Waals surface area contributed by atoms with E-state index in [0.717, 1.165) is 0 Å². The summed E-state index contributed by atoms with van der Waals surface area (Å²) in [5.74, 6) is 2.59. The number of esters is 1. The van der Waals surface area contributed by atoms with E-state index in [1.165, 1.54) is 14.2 Å². The normalized spacial score (nSPS) is 18.3. The Morgan fingerprint density at radius 2 is 1.95 bits per heavy atom. The minimum absolute atomic E-state index is 0.397. The topological polar surface area (TPSA) is 80.3 Å². The second-order valence-corrected chi connectivity index (χ2v) is 4.60. The van der Waals surface area contributed by atoms with Crippen LogP contribution in [0, 0.1) is 17.8 Å². The van der Waals surface area contributed by atoms with Crippen LogP contribution < -0.4 is 0 Å². The highest BCUT2D eigenvalue weighted by Gasteiger charge is 2.44. The minimum atomic E-state index is -1.00. The average Bonchev–Trinajstić information content (AvgIpc) is 2.96. The number of allylic oxidation sites excluding steroid dienone is 1. The molecule has 0 spiro atoms. The van der Waals surface area contributed by atoms with Crippen molar-refractivity contribution in [2.45, 2.75) is 25.2 Å². The highest BCUT2D eigenvalue weighted by molar-refractivity contribution is 5.88. The highest BCUT2D eigenvalue weighted by Crippen LogP contribution is 2.34. The van der Waals surface area contributed by atoms with Crippen molar-refractivity contribution in [3.63, 3.8) is 0 Å². The number of hydrogen-bond acceptors (Lipinski definition) is 7. The standard InChI is InChI=1S/C15H20O7/c1-5-6-11(15(2)20-9-10-21-15)12(22-14(17)19-4)7-8-13(16)18-3/h5,11-12H,1,6,9-10H2,2-4H3. The van der Waals surface area contributed by atoms with E-state index in [0.29, 0.717) is 19.6 Å². The third-order valence-corrected chi connectivity index (χ3v) is 3.21. The summed E-state index contributed by atoms with van der Waals surface area (Å²) in [7, 11) is 2.39. The van der Waals surface area contributed by atoms with Crippen LogP contribution in [0.2, 0.25) is 0 Å². The zero-order valence-electron chi connectivity index (χ0n) is 12.9. The molecule has 2 atom stereocenters. The molecule has 22 heavy (non-hydrogen) atoms. The average molecular weight is 312 g/mol. The van der Waals surface area contributed by atoms with Crippen molar-refractivity contribution in [3.05, 3.63) is 12.7 Å². The van der Waals surface area contributed by atoms with Crippen LogP contribution in [0.1, 0.15) is 13.3 Å². The molecular weight excluding hydrogens is 292 g/mol. The first-order valence-electron chi connectivity index (χ1n) is 6.69. The Morgan fingerprint density at radius 3 is 2.45 bits per heavy atom. The maximum Gasteiger partial charge on any atom is 0.509 e. The molecule has 0 radical (unpaired) electrons. The van der Waals surface area contributed by atoms with Gasteiger partial charge in [-0.05, 0) is 19.3 Å². The van der Waals surface area contributed by atoms with Gasteiger partial charge >= 0.3 is 12.1 Å². The number of carbonyl (C=O) groups is 2. The van der Waals surface area contributed by atoms with Crippen molar-refractivity contribution < 1.29 is 33.3 Å². The van der Waals surface area contributed by atoms with Gasteiger partial charge in [-0.1, -0.05) is 6.08 Å². The van der Waals surface area contributed by atoms with Crippen molar-refractivity contribution >= 4 is 12.1 Å². The van der Waals surface area contributed by atoms with Gasteiger partial charge < -0.3 is 23.7 Å². The fraction of sp³-hybridized carbons (Fsp3) is 0.600. The first-order chi connectivity index (χ1) is 10.5. The van der Waals surface area contributed by atoms with Gasteiger partial charge in [-0.25, -0.2) is 9.59 Å². The number of hydrogen-bond donors (Lipinski definition) is 0. The van der Waals surface area contributed by atoms with Crippen LogP contribution in [-0.2, 0) is 28.5 Å². The Morgan fingerprint density at radius 1 is 1.32 bits per heavy atom. The fourth-order valence-electron chi connectivity index (χ4n) is 2.08. The van der Waals surface area contributed by atoms with Crippen molar-refractivity contribution in [2.24, 2.45) is 5.92 Å². The summed E-state index contributed by atoms with van der Waals surface area (Å²) < 4.78 is 25.3. The molecule has 1 heterocycles. The number of rotatable bonds is 5. The highest BCUT2D eigenvalue weighted by atomic mass is 16.7. The SMILES string of the molecule is C=CCC(C(C#CC(=O)OC)OC(=O)OC)C1(C)OCCO1. The molecule has 122 valence electrons. The molecule has 7 heteroatoms. The molecule has 0 aromatic rings. The second kappa shape index (κ2) is 8.41. The molecule has 1 saturated heterocycles. The summed E-state index contributed by atoms with van der Waals surface area (Å²) in [4.78, 5) is 22.6. The molecule has 0 saturated carbocycles. The third kappa shape index (κ3) is 4.76. The molecule has 7 nitrogen and oxygen atoms in total. The number of methoxy groups -OCH3 is 2. The molecule has 0 aromatic carbocycles. The van der Waals surface area contributed by atoms with E-state index in [1.54, 1.807) is 13.0 Å². The molecule has 1 aliphatic heterocycles. The van der Waals surface area contributed by atoms with Crippen LogP contribution in [0.3, 0.4) is 0 Å². The monoisotopic (exact) mass is 312 g/mol. The van der Waals surface area contributed by atoms with E-state index in [1.807, 2.05) is 0 Å². The van der Waals surface area contributed by atoms with Gasteiger partial charge in [-0.3, -0.25) is 0 Å². The first kappa shape index (κ1) is 18.0. The van der Waals surface area contributed by atoms with Gasteiger partial charge in [0.25, 0.3) is 0 Å². The number of ether oxygens (including phenoxy) is 5. The quantitative estimate of drug-likeness (QED) is 0.327. The third-order valence-electron chi connectivity index (χ3n) is 3.21. The lowest BCUT2D eigenvalue weighted by atomic mass is 9.90. The maximum atomic E-state index is 11.4. The van der Waals surface area contributed by atoms with Gasteiger partial charge in [0.2, 0.25) is 0 Å². The lowest BCUT2D eigenvalue weighted by Crippen LogP contribution is -2.44. The van der Waals surface area contributed by atoms with Gasteiger partial charge in [0, 0.05) is 5.92 Å². The lowest BCUT2D eigenvalue weighted by molar-refractivity contribution is -0.197. The van der Waals surface area contributed by atoms with E-state index in [4.69, 9.17) is 14.2 Å². The maximum absolute atomic E-state index is 11.4. The minimum Gasteiger partial charge on any atom is -0.459 e. The molecule has 1 aliphatic rings. The summed E-state index contributed by atoms with van der Waals surface area (Å²) in [6, 6.07) is 0. The Bertz CT molecular complexity index is 468. The van der Waals surface area contributed by atoms with Crippen LogP contribution in [0.4, 0.5) is 4.79 Å². The zero-order chi connectivity index (χ0) is 16.6. The van der Waals surface area contributed by atoms with Crippen molar-refractivity contribution in [1.82, 2.24) is 0 Å². The molecule has 0 bridgehead atoms. The summed E-state index contributed by atoms with van der Waals surface area (Å²) in [5.41, 5.74) is 0. The Labute approximate surface area is 129 Å². The van der Waals surface area contributed by atoms with Gasteiger partial charge in [0.1, 0.15) is 0 Å². The van der Waals surface area contributed by atoms with Gasteiger partial charge in [-0.2, -0.15) is 0 Å². The summed E-state index contributed by atoms with van der Waals surface area (Å²) >= 11 is 0. The Balaban J connectivity index is 3.05. The zero-order valence-corrected chi connectivity index (χ0v) is 12.9. The Hall–Kier alpha value is -2.04. The van der Waals surface area contributed by atoms with Crippen molar-refractivity contribution in [2.75, 3.05) is 27.4 Å². The van der Waals surface area contributed by atoms with Crippen LogP contribution in [-0.4, -0.2) is 51.4 Å². The Kier molecular flexibility index (Phi) is 6.89. The van der Waals surface area contributed by atoms with Crippen molar-refractivity contribution in [1.29, 1.82) is 0 Å². The lowest BCUT2D eigenvalue weighted by Gasteiger charge is -2.34. The predicted molar refractivity (Wildman–Crippen MR) is 75.7 cm³/mol. The van der Waals surface area contributed by atoms with Gasteiger partial charge in [0.05, 0.1) is 33.4 Å². The van der Waals surface area contributed by atoms with E-state index >= 15 is 0 Å². The molecular formula is C15H20O7. The molecule has 2 unspecified atom stereocenters. The molecule has 0 aliphatic carbocycles. The molecule has 0 N–H and O–H groups in total. The van der Waals surface area contributed by atoms with Crippen LogP contribution >= 0.6 is 0 Å². The molecule has 0 aromatic heterocycles. The summed E-state index contributed by atoms with van der Waals surface area (Å²) in [6.45, 7) is 6.23. The predicted octanol–water partition coefficient (Wildman–Crippen LogP) is 1.27. The largest absolute Gasteiger partial charge is 0.509 e. The smallest absolute Gasteiger partial charge is 0.459 e.